The fraction of sp³-hybridized carbons (Fsp3) is 0.243. The molecular formula is C37H36N6O6. The van der Waals surface area contributed by atoms with Crippen molar-refractivity contribution in [2.24, 2.45) is 0 Å². The molecule has 6 aromatic rings. The first kappa shape index (κ1) is 32.0. The molecular weight excluding hydrogens is 624 g/mol. The van der Waals surface area contributed by atoms with E-state index in [4.69, 9.17) is 18.9 Å². The van der Waals surface area contributed by atoms with Crippen LogP contribution in [0.5, 0.6) is 11.5 Å². The fourth-order valence-corrected chi connectivity index (χ4v) is 6.28. The maximum Gasteiger partial charge on any atom is 0.252 e. The number of ether oxygens (including phenoxy) is 4. The predicted octanol–water partition coefficient (Wildman–Crippen LogP) is 4.80. The van der Waals surface area contributed by atoms with Gasteiger partial charge < -0.3 is 34.4 Å². The summed E-state index contributed by atoms with van der Waals surface area (Å²) in [5.41, 5.74) is 3.05. The molecule has 12 nitrogen and oxygen atoms in total. The number of fused-ring (bicyclic) bond motifs is 1. The first-order valence-corrected chi connectivity index (χ1v) is 15.9. The topological polar surface area (TPSA) is 146 Å². The van der Waals surface area contributed by atoms with Crippen molar-refractivity contribution in [3.63, 3.8) is 0 Å². The third-order valence-corrected chi connectivity index (χ3v) is 8.86. The Morgan fingerprint density at radius 1 is 0.898 bits per heavy atom. The van der Waals surface area contributed by atoms with Crippen LogP contribution in [0.25, 0.3) is 11.2 Å². The number of aliphatic hydroxyl groups is 1. The number of aromatic nitrogens is 5. The number of nitrogens with one attached hydrogen (secondary N) is 2. The van der Waals surface area contributed by atoms with Crippen LogP contribution in [0.3, 0.4) is 0 Å². The highest BCUT2D eigenvalue weighted by Gasteiger charge is 2.42. The number of H-pyrrole nitrogens is 1. The molecule has 1 fully saturated rings. The van der Waals surface area contributed by atoms with E-state index in [1.54, 1.807) is 43.4 Å². The molecule has 3 N–H and O–H groups in total. The van der Waals surface area contributed by atoms with Gasteiger partial charge in [-0.3, -0.25) is 9.36 Å². The lowest BCUT2D eigenvalue weighted by Crippen LogP contribution is -2.38. The van der Waals surface area contributed by atoms with Crippen molar-refractivity contribution < 1.29 is 24.1 Å². The lowest BCUT2D eigenvalue weighted by atomic mass is 9.80. The summed E-state index contributed by atoms with van der Waals surface area (Å²) >= 11 is 0. The molecule has 250 valence electrons. The van der Waals surface area contributed by atoms with Crippen molar-refractivity contribution in [3.8, 4) is 11.5 Å². The third-order valence-electron chi connectivity index (χ3n) is 8.86. The van der Waals surface area contributed by atoms with E-state index in [0.717, 1.165) is 28.2 Å². The van der Waals surface area contributed by atoms with Gasteiger partial charge in [0.15, 0.2) is 17.0 Å². The van der Waals surface area contributed by atoms with E-state index < -0.39 is 24.0 Å². The molecule has 0 spiro atoms. The summed E-state index contributed by atoms with van der Waals surface area (Å²) in [6.07, 6.45) is 2.91. The minimum absolute atomic E-state index is 0.0741. The van der Waals surface area contributed by atoms with Crippen LogP contribution in [0, 0.1) is 0 Å². The number of rotatable bonds is 12. The summed E-state index contributed by atoms with van der Waals surface area (Å²) in [5, 5.41) is 14.5. The summed E-state index contributed by atoms with van der Waals surface area (Å²) in [7, 11) is 3.27. The standard InChI is InChI=1S/C37H36N6O6/c1-46-28-14-10-26(11-15-28)37(25-8-4-3-5-9-25,27-12-16-29(47-2)17-13-27)48-21-31-30(44)19-32(49-31)43-23-42-33-34(40-22-41-35(33)43)39-20-24-7-6-18-38-36(24)45/h3-18,22-23,30-32,44H,19-21H2,1-2H3,(H,38,45)(H,39,40,41)/t30-,31+,32+/m0/s1. The molecule has 0 bridgehead atoms. The maximum atomic E-state index is 12.1. The van der Waals surface area contributed by atoms with Crippen molar-refractivity contribution >= 4 is 17.0 Å². The zero-order chi connectivity index (χ0) is 33.8. The van der Waals surface area contributed by atoms with E-state index in [1.807, 2.05) is 78.9 Å². The van der Waals surface area contributed by atoms with Gasteiger partial charge >= 0.3 is 0 Å². The van der Waals surface area contributed by atoms with E-state index >= 15 is 0 Å². The molecule has 49 heavy (non-hydrogen) atoms. The molecule has 1 aliphatic heterocycles. The second kappa shape index (κ2) is 13.9. The second-order valence-electron chi connectivity index (χ2n) is 11.7. The predicted molar refractivity (Wildman–Crippen MR) is 183 cm³/mol. The number of nitrogens with zero attached hydrogens (tertiary/aromatic N) is 4. The van der Waals surface area contributed by atoms with Gasteiger partial charge in [-0.2, -0.15) is 0 Å². The molecule has 4 heterocycles. The number of benzene rings is 3. The van der Waals surface area contributed by atoms with Crippen LogP contribution in [0.1, 0.15) is 34.9 Å². The van der Waals surface area contributed by atoms with Gasteiger partial charge in [0.25, 0.3) is 5.56 Å². The first-order valence-electron chi connectivity index (χ1n) is 15.9. The van der Waals surface area contributed by atoms with Gasteiger partial charge in [0.1, 0.15) is 35.8 Å². The number of hydrogen-bond acceptors (Lipinski definition) is 10. The van der Waals surface area contributed by atoms with Gasteiger partial charge in [0, 0.05) is 24.7 Å². The molecule has 1 saturated heterocycles. The summed E-state index contributed by atoms with van der Waals surface area (Å²) in [5.74, 6) is 1.93. The lowest BCUT2D eigenvalue weighted by molar-refractivity contribution is -0.0931. The number of aromatic amines is 1. The Bertz CT molecular complexity index is 2020. The SMILES string of the molecule is COc1ccc(C(OC[C@H]2O[C@@H](n3cnc4c(NCc5ccc[nH]c5=O)ncnc43)C[C@@H]2O)(c2ccccc2)c2ccc(OC)cc2)cc1. The average molecular weight is 661 g/mol. The van der Waals surface area contributed by atoms with E-state index in [2.05, 4.69) is 25.3 Å². The van der Waals surface area contributed by atoms with Crippen LogP contribution < -0.4 is 20.3 Å². The van der Waals surface area contributed by atoms with Crippen molar-refractivity contribution in [1.82, 2.24) is 24.5 Å². The monoisotopic (exact) mass is 660 g/mol. The maximum absolute atomic E-state index is 12.1. The van der Waals surface area contributed by atoms with E-state index in [0.29, 0.717) is 29.0 Å². The smallest absolute Gasteiger partial charge is 0.252 e. The molecule has 12 heteroatoms. The van der Waals surface area contributed by atoms with E-state index in [9.17, 15) is 9.90 Å². The summed E-state index contributed by atoms with van der Waals surface area (Å²) < 4.78 is 26.2. The van der Waals surface area contributed by atoms with Gasteiger partial charge in [-0.15, -0.1) is 0 Å². The quantitative estimate of drug-likeness (QED) is 0.157. The Hall–Kier alpha value is -5.56. The van der Waals surface area contributed by atoms with E-state index in [1.165, 1.54) is 6.33 Å². The Kier molecular flexibility index (Phi) is 9.07. The van der Waals surface area contributed by atoms with Gasteiger partial charge in [-0.1, -0.05) is 60.7 Å². The van der Waals surface area contributed by atoms with Crippen LogP contribution in [0.4, 0.5) is 5.82 Å². The molecule has 0 unspecified atom stereocenters. The lowest BCUT2D eigenvalue weighted by Gasteiger charge is -2.37. The zero-order valence-corrected chi connectivity index (χ0v) is 27.0. The zero-order valence-electron chi connectivity index (χ0n) is 27.0. The van der Waals surface area contributed by atoms with Crippen molar-refractivity contribution in [1.29, 1.82) is 0 Å². The van der Waals surface area contributed by atoms with Crippen LogP contribution in [0.15, 0.2) is 115 Å². The first-order chi connectivity index (χ1) is 24.0. The highest BCUT2D eigenvalue weighted by molar-refractivity contribution is 5.82. The van der Waals surface area contributed by atoms with Crippen LogP contribution in [-0.4, -0.2) is 62.6 Å². The van der Waals surface area contributed by atoms with E-state index in [-0.39, 0.29) is 18.7 Å². The number of anilines is 1. The number of hydrogen-bond donors (Lipinski definition) is 3. The summed E-state index contributed by atoms with van der Waals surface area (Å²) in [6.45, 7) is 0.337. The molecule has 3 aromatic carbocycles. The molecule has 3 atom stereocenters. The number of imidazole rings is 1. The minimum atomic E-state index is -1.06. The Labute approximate surface area is 282 Å². The second-order valence-corrected chi connectivity index (χ2v) is 11.7. The molecule has 0 amide bonds. The van der Waals surface area contributed by atoms with Crippen LogP contribution >= 0.6 is 0 Å². The highest BCUT2D eigenvalue weighted by Crippen LogP contribution is 2.43. The van der Waals surface area contributed by atoms with Crippen molar-refractivity contribution in [3.05, 3.63) is 142 Å². The molecule has 0 saturated carbocycles. The van der Waals surface area contributed by atoms with Gasteiger partial charge in [0.05, 0.1) is 33.3 Å². The van der Waals surface area contributed by atoms with Gasteiger partial charge in [-0.05, 0) is 47.0 Å². The largest absolute Gasteiger partial charge is 0.497 e. The van der Waals surface area contributed by atoms with Crippen LogP contribution in [-0.2, 0) is 21.6 Å². The fourth-order valence-electron chi connectivity index (χ4n) is 6.28. The molecule has 0 aliphatic carbocycles. The number of aliphatic hydroxyl groups excluding tert-OH is 1. The molecule has 3 aromatic heterocycles. The van der Waals surface area contributed by atoms with Crippen molar-refractivity contribution in [2.45, 2.75) is 37.0 Å². The number of methoxy groups -OCH3 is 2. The number of pyridine rings is 1. The summed E-state index contributed by atoms with van der Waals surface area (Å²) in [6, 6.07) is 29.1. The molecule has 1 aliphatic rings. The van der Waals surface area contributed by atoms with Gasteiger partial charge in [0.2, 0.25) is 0 Å². The molecule has 0 radical (unpaired) electrons. The van der Waals surface area contributed by atoms with Crippen LogP contribution in [0.2, 0.25) is 0 Å². The summed E-state index contributed by atoms with van der Waals surface area (Å²) in [4.78, 5) is 28.2. The average Bonchev–Trinajstić information content (AvgIpc) is 3.76. The molecule has 7 rings (SSSR count). The Morgan fingerprint density at radius 2 is 1.57 bits per heavy atom. The van der Waals surface area contributed by atoms with Crippen molar-refractivity contribution in [2.75, 3.05) is 26.1 Å². The van der Waals surface area contributed by atoms with Gasteiger partial charge in [-0.25, -0.2) is 15.0 Å². The Morgan fingerprint density at radius 3 is 2.22 bits per heavy atom. The third kappa shape index (κ3) is 6.24. The minimum Gasteiger partial charge on any atom is -0.497 e. The normalized spacial score (nSPS) is 17.7. The highest BCUT2D eigenvalue weighted by atomic mass is 16.6. The Balaban J connectivity index is 1.17.